The third kappa shape index (κ3) is 3.76. The maximum Gasteiger partial charge on any atom is 0.244 e. The summed E-state index contributed by atoms with van der Waals surface area (Å²) >= 11 is 0. The van der Waals surface area contributed by atoms with Crippen LogP contribution in [-0.2, 0) is 4.79 Å². The number of allylic oxidation sites excluding steroid dienone is 3. The van der Waals surface area contributed by atoms with Gasteiger partial charge in [-0.15, -0.1) is 0 Å². The van der Waals surface area contributed by atoms with E-state index in [1.165, 1.54) is 5.01 Å². The number of hydrogen-bond donors (Lipinski definition) is 1. The van der Waals surface area contributed by atoms with Gasteiger partial charge >= 0.3 is 0 Å². The van der Waals surface area contributed by atoms with Crippen LogP contribution in [0.15, 0.2) is 41.9 Å². The summed E-state index contributed by atoms with van der Waals surface area (Å²) in [4.78, 5) is 20.7. The van der Waals surface area contributed by atoms with E-state index in [0.717, 1.165) is 18.4 Å². The van der Waals surface area contributed by atoms with Gasteiger partial charge in [0, 0.05) is 30.1 Å². The molecule has 112 valence electrons. The van der Waals surface area contributed by atoms with E-state index in [-0.39, 0.29) is 11.7 Å². The molecule has 1 aromatic heterocycles. The molecule has 2 rings (SSSR count). The lowest BCUT2D eigenvalue weighted by Gasteiger charge is -2.17. The predicted octanol–water partition coefficient (Wildman–Crippen LogP) is 2.62. The molecule has 0 bridgehead atoms. The molecule has 0 amide bonds. The monoisotopic (exact) mass is 286 g/mol. The highest BCUT2D eigenvalue weighted by Gasteiger charge is 2.31. The molecule has 0 saturated heterocycles. The quantitative estimate of drug-likeness (QED) is 0.377. The summed E-state index contributed by atoms with van der Waals surface area (Å²) < 4.78 is 0. The van der Waals surface area contributed by atoms with Gasteiger partial charge < -0.3 is 0 Å². The van der Waals surface area contributed by atoms with Gasteiger partial charge in [0.2, 0.25) is 5.95 Å². The minimum atomic E-state index is -0.0740. The molecule has 0 aromatic carbocycles. The Morgan fingerprint density at radius 1 is 1.38 bits per heavy atom. The van der Waals surface area contributed by atoms with Crippen molar-refractivity contribution >= 4 is 11.7 Å². The molecule has 1 fully saturated rings. The SMILES string of the molecule is C/C=C(\C(=C/N(N)c1ncccn1)C(=O)C(C)C)C1CC1. The lowest BCUT2D eigenvalue weighted by molar-refractivity contribution is -0.118. The molecule has 0 atom stereocenters. The van der Waals surface area contributed by atoms with Crippen LogP contribution in [0.4, 0.5) is 5.95 Å². The summed E-state index contributed by atoms with van der Waals surface area (Å²) in [7, 11) is 0. The van der Waals surface area contributed by atoms with Crippen LogP contribution < -0.4 is 10.9 Å². The van der Waals surface area contributed by atoms with Crippen molar-refractivity contribution in [1.29, 1.82) is 0 Å². The highest BCUT2D eigenvalue weighted by atomic mass is 16.1. The van der Waals surface area contributed by atoms with Crippen molar-refractivity contribution in [1.82, 2.24) is 9.97 Å². The molecule has 0 aliphatic heterocycles. The summed E-state index contributed by atoms with van der Waals surface area (Å²) in [5.74, 6) is 6.88. The Kier molecular flexibility index (Phi) is 4.85. The van der Waals surface area contributed by atoms with Crippen LogP contribution in [-0.4, -0.2) is 15.8 Å². The van der Waals surface area contributed by atoms with E-state index in [1.807, 2.05) is 26.8 Å². The van der Waals surface area contributed by atoms with Crippen molar-refractivity contribution < 1.29 is 4.79 Å². The number of carbonyl (C=O) groups is 1. The number of Topliss-reactive ketones (excluding diaryl/α,β-unsaturated/α-hetero) is 1. The van der Waals surface area contributed by atoms with Crippen molar-refractivity contribution in [2.24, 2.45) is 17.7 Å². The molecule has 0 radical (unpaired) electrons. The lowest BCUT2D eigenvalue weighted by atomic mass is 9.92. The number of nitrogens with two attached hydrogens (primary N) is 1. The van der Waals surface area contributed by atoms with Crippen LogP contribution in [0.2, 0.25) is 0 Å². The zero-order valence-electron chi connectivity index (χ0n) is 12.8. The van der Waals surface area contributed by atoms with Crippen molar-refractivity contribution in [3.05, 3.63) is 41.9 Å². The Bertz CT molecular complexity index is 559. The Balaban J connectivity index is 2.34. The fraction of sp³-hybridized carbons (Fsp3) is 0.438. The Labute approximate surface area is 125 Å². The van der Waals surface area contributed by atoms with Gasteiger partial charge in [0.1, 0.15) is 0 Å². The maximum atomic E-state index is 12.5. The molecule has 2 N–H and O–H groups in total. The second-order valence-electron chi connectivity index (χ2n) is 5.54. The summed E-state index contributed by atoms with van der Waals surface area (Å²) in [6.07, 6.45) is 9.19. The molecule has 1 saturated carbocycles. The zero-order chi connectivity index (χ0) is 15.4. The van der Waals surface area contributed by atoms with E-state index in [0.29, 0.717) is 17.4 Å². The number of anilines is 1. The van der Waals surface area contributed by atoms with Gasteiger partial charge in [-0.2, -0.15) is 0 Å². The van der Waals surface area contributed by atoms with Gasteiger partial charge in [-0.1, -0.05) is 19.9 Å². The predicted molar refractivity (Wildman–Crippen MR) is 83.1 cm³/mol. The number of nitrogens with zero attached hydrogens (tertiary/aromatic N) is 3. The molecule has 1 aliphatic rings. The van der Waals surface area contributed by atoms with Gasteiger partial charge in [0.25, 0.3) is 0 Å². The first-order valence-electron chi connectivity index (χ1n) is 7.28. The fourth-order valence-corrected chi connectivity index (χ4v) is 2.22. The average Bonchev–Trinajstić information content (AvgIpc) is 3.31. The molecule has 0 spiro atoms. The molecular weight excluding hydrogens is 264 g/mol. The first kappa shape index (κ1) is 15.4. The van der Waals surface area contributed by atoms with Crippen LogP contribution in [0.25, 0.3) is 0 Å². The highest BCUT2D eigenvalue weighted by molar-refractivity contribution is 6.01. The second kappa shape index (κ2) is 6.63. The third-order valence-corrected chi connectivity index (χ3v) is 3.48. The molecular formula is C16H22N4O. The summed E-state index contributed by atoms with van der Waals surface area (Å²) in [5.41, 5.74) is 1.75. The van der Waals surface area contributed by atoms with Crippen LogP contribution in [0, 0.1) is 11.8 Å². The molecule has 0 unspecified atom stereocenters. The Morgan fingerprint density at radius 3 is 2.48 bits per heavy atom. The fourth-order valence-electron chi connectivity index (χ4n) is 2.22. The van der Waals surface area contributed by atoms with Crippen LogP contribution in [0.3, 0.4) is 0 Å². The number of hydrazine groups is 1. The van der Waals surface area contributed by atoms with Crippen LogP contribution >= 0.6 is 0 Å². The number of aromatic nitrogens is 2. The van der Waals surface area contributed by atoms with E-state index < -0.39 is 0 Å². The standard InChI is InChI=1S/C16H22N4O/c1-4-13(12-6-7-12)14(15(21)11(2)3)10-20(17)16-18-8-5-9-19-16/h4-5,8-12H,6-7,17H2,1-3H3/b13-4-,14-10+. The maximum absolute atomic E-state index is 12.5. The average molecular weight is 286 g/mol. The normalized spacial score (nSPS) is 16.2. The number of rotatable bonds is 6. The van der Waals surface area contributed by atoms with Gasteiger partial charge in [-0.05, 0) is 37.3 Å². The summed E-state index contributed by atoms with van der Waals surface area (Å²) in [6, 6.07) is 1.73. The van der Waals surface area contributed by atoms with Gasteiger partial charge in [0.05, 0.1) is 0 Å². The lowest BCUT2D eigenvalue weighted by Crippen LogP contribution is -2.28. The van der Waals surface area contributed by atoms with E-state index in [2.05, 4.69) is 9.97 Å². The molecule has 5 heteroatoms. The first-order valence-corrected chi connectivity index (χ1v) is 7.28. The molecule has 5 nitrogen and oxygen atoms in total. The van der Waals surface area contributed by atoms with Gasteiger partial charge in [0.15, 0.2) is 5.78 Å². The molecule has 1 aromatic rings. The number of ketones is 1. The third-order valence-electron chi connectivity index (χ3n) is 3.48. The summed E-state index contributed by atoms with van der Waals surface area (Å²) in [5, 5.41) is 1.32. The molecule has 1 aliphatic carbocycles. The smallest absolute Gasteiger partial charge is 0.244 e. The zero-order valence-corrected chi connectivity index (χ0v) is 12.8. The summed E-state index contributed by atoms with van der Waals surface area (Å²) in [6.45, 7) is 5.77. The Morgan fingerprint density at radius 2 is 2.00 bits per heavy atom. The number of carbonyl (C=O) groups excluding carboxylic acids is 1. The topological polar surface area (TPSA) is 72.1 Å². The highest BCUT2D eigenvalue weighted by Crippen LogP contribution is 2.40. The van der Waals surface area contributed by atoms with Crippen LogP contribution in [0.5, 0.6) is 0 Å². The van der Waals surface area contributed by atoms with E-state index in [9.17, 15) is 4.79 Å². The van der Waals surface area contributed by atoms with Crippen molar-refractivity contribution in [3.8, 4) is 0 Å². The van der Waals surface area contributed by atoms with Crippen LogP contribution in [0.1, 0.15) is 33.6 Å². The minimum absolute atomic E-state index is 0.0740. The largest absolute Gasteiger partial charge is 0.294 e. The number of hydrogen-bond acceptors (Lipinski definition) is 5. The molecule has 1 heterocycles. The van der Waals surface area contributed by atoms with E-state index in [1.54, 1.807) is 24.7 Å². The van der Waals surface area contributed by atoms with Gasteiger partial charge in [-0.25, -0.2) is 15.8 Å². The molecule has 21 heavy (non-hydrogen) atoms. The first-order chi connectivity index (χ1) is 10.0. The minimum Gasteiger partial charge on any atom is -0.294 e. The van der Waals surface area contributed by atoms with Crippen molar-refractivity contribution in [3.63, 3.8) is 0 Å². The Hall–Kier alpha value is -2.01. The second-order valence-corrected chi connectivity index (χ2v) is 5.54. The van der Waals surface area contributed by atoms with E-state index >= 15 is 0 Å². The van der Waals surface area contributed by atoms with E-state index in [4.69, 9.17) is 5.84 Å². The van der Waals surface area contributed by atoms with Gasteiger partial charge in [-0.3, -0.25) is 9.80 Å². The van der Waals surface area contributed by atoms with Crippen molar-refractivity contribution in [2.75, 3.05) is 5.01 Å². The van der Waals surface area contributed by atoms with Crippen molar-refractivity contribution in [2.45, 2.75) is 33.6 Å².